The first-order chi connectivity index (χ1) is 12.5. The fourth-order valence-electron chi connectivity index (χ4n) is 2.06. The van der Waals surface area contributed by atoms with Crippen LogP contribution in [0.5, 0.6) is 0 Å². The molecule has 1 aromatic heterocycles. The van der Waals surface area contributed by atoms with Crippen LogP contribution in [0.1, 0.15) is 16.1 Å². The summed E-state index contributed by atoms with van der Waals surface area (Å²) in [5.41, 5.74) is 1.14. The smallest absolute Gasteiger partial charge is 0.275 e. The van der Waals surface area contributed by atoms with Crippen LogP contribution in [0, 0.1) is 5.82 Å². The van der Waals surface area contributed by atoms with Gasteiger partial charge in [-0.1, -0.05) is 53.2 Å². The van der Waals surface area contributed by atoms with Crippen molar-refractivity contribution in [2.24, 2.45) is 0 Å². The molecule has 4 nitrogen and oxygen atoms in total. The van der Waals surface area contributed by atoms with E-state index in [0.29, 0.717) is 27.2 Å². The second kappa shape index (κ2) is 8.49. The lowest BCUT2D eigenvalue weighted by molar-refractivity contribution is 0.102. The zero-order valence-corrected chi connectivity index (χ0v) is 15.6. The predicted molar refractivity (Wildman–Crippen MR) is 102 cm³/mol. The SMILES string of the molecule is O=C(Nc1ccc(Cl)cc1)c1nc(SCc2ccccc2F)ncc1Cl. The normalized spacial score (nSPS) is 10.6. The van der Waals surface area contributed by atoms with E-state index in [4.69, 9.17) is 23.2 Å². The van der Waals surface area contributed by atoms with Gasteiger partial charge in [-0.2, -0.15) is 0 Å². The van der Waals surface area contributed by atoms with Gasteiger partial charge in [0.15, 0.2) is 10.9 Å². The number of anilines is 1. The molecule has 1 N–H and O–H groups in total. The van der Waals surface area contributed by atoms with Gasteiger partial charge in [-0.05, 0) is 35.9 Å². The van der Waals surface area contributed by atoms with Gasteiger partial charge in [0.2, 0.25) is 0 Å². The van der Waals surface area contributed by atoms with Crippen molar-refractivity contribution >= 4 is 46.6 Å². The molecule has 2 aromatic carbocycles. The summed E-state index contributed by atoms with van der Waals surface area (Å²) in [4.78, 5) is 20.7. The Bertz CT molecular complexity index is 938. The van der Waals surface area contributed by atoms with E-state index in [1.54, 1.807) is 42.5 Å². The highest BCUT2D eigenvalue weighted by molar-refractivity contribution is 7.98. The van der Waals surface area contributed by atoms with Crippen LogP contribution < -0.4 is 5.32 Å². The highest BCUT2D eigenvalue weighted by atomic mass is 35.5. The molecule has 132 valence electrons. The number of benzene rings is 2. The van der Waals surface area contributed by atoms with E-state index < -0.39 is 5.91 Å². The molecule has 1 amide bonds. The minimum absolute atomic E-state index is 0.0488. The average Bonchev–Trinajstić information content (AvgIpc) is 2.64. The molecule has 0 saturated heterocycles. The van der Waals surface area contributed by atoms with Crippen molar-refractivity contribution in [1.29, 1.82) is 0 Å². The van der Waals surface area contributed by atoms with Crippen molar-refractivity contribution in [2.45, 2.75) is 10.9 Å². The molecule has 0 saturated carbocycles. The quantitative estimate of drug-likeness (QED) is 0.450. The van der Waals surface area contributed by atoms with Gasteiger partial charge in [0.05, 0.1) is 11.2 Å². The Labute approximate surface area is 163 Å². The largest absolute Gasteiger partial charge is 0.321 e. The van der Waals surface area contributed by atoms with E-state index in [2.05, 4.69) is 15.3 Å². The molecular formula is C18H12Cl2FN3OS. The predicted octanol–water partition coefficient (Wildman–Crippen LogP) is 5.47. The van der Waals surface area contributed by atoms with Gasteiger partial charge < -0.3 is 5.32 Å². The third-order valence-electron chi connectivity index (χ3n) is 3.35. The first-order valence-electron chi connectivity index (χ1n) is 7.48. The van der Waals surface area contributed by atoms with Crippen LogP contribution in [0.4, 0.5) is 10.1 Å². The summed E-state index contributed by atoms with van der Waals surface area (Å²) in [6, 6.07) is 13.1. The summed E-state index contributed by atoms with van der Waals surface area (Å²) < 4.78 is 13.7. The first kappa shape index (κ1) is 18.6. The van der Waals surface area contributed by atoms with Crippen LogP contribution in [0.3, 0.4) is 0 Å². The Balaban J connectivity index is 1.73. The average molecular weight is 408 g/mol. The highest BCUT2D eigenvalue weighted by Gasteiger charge is 2.15. The van der Waals surface area contributed by atoms with E-state index in [9.17, 15) is 9.18 Å². The molecule has 1 heterocycles. The number of halogens is 3. The molecule has 3 aromatic rings. The first-order valence-corrected chi connectivity index (χ1v) is 9.23. The highest BCUT2D eigenvalue weighted by Crippen LogP contribution is 2.24. The molecule has 3 rings (SSSR count). The Morgan fingerprint density at radius 2 is 1.85 bits per heavy atom. The lowest BCUT2D eigenvalue weighted by Crippen LogP contribution is -2.15. The number of carbonyl (C=O) groups excluding carboxylic acids is 1. The van der Waals surface area contributed by atoms with Gasteiger partial charge in [0.25, 0.3) is 5.91 Å². The van der Waals surface area contributed by atoms with Gasteiger partial charge in [0.1, 0.15) is 5.82 Å². The fourth-order valence-corrected chi connectivity index (χ4v) is 3.17. The van der Waals surface area contributed by atoms with Crippen LogP contribution in [-0.2, 0) is 5.75 Å². The summed E-state index contributed by atoms with van der Waals surface area (Å²) in [5, 5.41) is 3.72. The van der Waals surface area contributed by atoms with Gasteiger partial charge in [-0.25, -0.2) is 14.4 Å². The van der Waals surface area contributed by atoms with Crippen molar-refractivity contribution in [3.8, 4) is 0 Å². The summed E-state index contributed by atoms with van der Waals surface area (Å²) in [7, 11) is 0. The van der Waals surface area contributed by atoms with Crippen LogP contribution >= 0.6 is 35.0 Å². The topological polar surface area (TPSA) is 54.9 Å². The molecule has 0 atom stereocenters. The molecule has 0 aliphatic rings. The number of carbonyl (C=O) groups is 1. The Morgan fingerprint density at radius 3 is 2.58 bits per heavy atom. The number of rotatable bonds is 5. The van der Waals surface area contributed by atoms with E-state index in [1.165, 1.54) is 24.0 Å². The second-order valence-corrected chi connectivity index (χ2v) is 6.98. The fraction of sp³-hybridized carbons (Fsp3) is 0.0556. The molecule has 0 aliphatic heterocycles. The summed E-state index contributed by atoms with van der Waals surface area (Å²) in [5.74, 6) is -0.422. The Kier molecular flexibility index (Phi) is 6.08. The maximum absolute atomic E-state index is 13.7. The minimum Gasteiger partial charge on any atom is -0.321 e. The Morgan fingerprint density at radius 1 is 1.12 bits per heavy atom. The van der Waals surface area contributed by atoms with Crippen molar-refractivity contribution in [3.05, 3.63) is 81.8 Å². The number of nitrogens with one attached hydrogen (secondary N) is 1. The maximum atomic E-state index is 13.7. The van der Waals surface area contributed by atoms with Gasteiger partial charge in [-0.3, -0.25) is 4.79 Å². The standard InChI is InChI=1S/C18H12Cl2FN3OS/c19-12-5-7-13(8-6-12)23-17(25)16-14(20)9-22-18(24-16)26-10-11-3-1-2-4-15(11)21/h1-9H,10H2,(H,23,25). The van der Waals surface area contributed by atoms with E-state index in [-0.39, 0.29) is 16.5 Å². The van der Waals surface area contributed by atoms with Crippen molar-refractivity contribution in [1.82, 2.24) is 9.97 Å². The number of aromatic nitrogens is 2. The van der Waals surface area contributed by atoms with Gasteiger partial charge >= 0.3 is 0 Å². The summed E-state index contributed by atoms with van der Waals surface area (Å²) in [6.07, 6.45) is 1.36. The summed E-state index contributed by atoms with van der Waals surface area (Å²) >= 11 is 13.1. The van der Waals surface area contributed by atoms with Gasteiger partial charge in [-0.15, -0.1) is 0 Å². The minimum atomic E-state index is -0.465. The molecule has 8 heteroatoms. The van der Waals surface area contributed by atoms with Gasteiger partial charge in [0, 0.05) is 16.5 Å². The molecule has 0 bridgehead atoms. The second-order valence-electron chi connectivity index (χ2n) is 5.19. The molecule has 0 spiro atoms. The third kappa shape index (κ3) is 4.72. The zero-order chi connectivity index (χ0) is 18.5. The molecule has 0 fully saturated rings. The van der Waals surface area contributed by atoms with Crippen molar-refractivity contribution in [2.75, 3.05) is 5.32 Å². The zero-order valence-electron chi connectivity index (χ0n) is 13.2. The van der Waals surface area contributed by atoms with Crippen LogP contribution in [0.2, 0.25) is 10.0 Å². The van der Waals surface area contributed by atoms with Crippen LogP contribution in [0.25, 0.3) is 0 Å². The third-order valence-corrected chi connectivity index (χ3v) is 4.79. The van der Waals surface area contributed by atoms with Crippen LogP contribution in [-0.4, -0.2) is 15.9 Å². The lowest BCUT2D eigenvalue weighted by atomic mass is 10.2. The molecule has 0 aliphatic carbocycles. The molecule has 26 heavy (non-hydrogen) atoms. The maximum Gasteiger partial charge on any atom is 0.275 e. The van der Waals surface area contributed by atoms with E-state index in [0.717, 1.165) is 0 Å². The van der Waals surface area contributed by atoms with Crippen molar-refractivity contribution in [3.63, 3.8) is 0 Å². The lowest BCUT2D eigenvalue weighted by Gasteiger charge is -2.08. The number of amides is 1. The number of nitrogens with zero attached hydrogens (tertiary/aromatic N) is 2. The van der Waals surface area contributed by atoms with E-state index in [1.807, 2.05) is 0 Å². The Hall–Kier alpha value is -2.15. The number of hydrogen-bond donors (Lipinski definition) is 1. The van der Waals surface area contributed by atoms with E-state index >= 15 is 0 Å². The molecule has 0 radical (unpaired) electrons. The monoisotopic (exact) mass is 407 g/mol. The van der Waals surface area contributed by atoms with Crippen molar-refractivity contribution < 1.29 is 9.18 Å². The number of hydrogen-bond acceptors (Lipinski definition) is 4. The molecular weight excluding hydrogens is 396 g/mol. The van der Waals surface area contributed by atoms with Crippen LogP contribution in [0.15, 0.2) is 59.9 Å². The summed E-state index contributed by atoms with van der Waals surface area (Å²) in [6.45, 7) is 0. The number of thioether (sulfide) groups is 1. The molecule has 0 unspecified atom stereocenters.